The third kappa shape index (κ3) is 7.33. The first-order valence-electron chi connectivity index (χ1n) is 5.70. The number of carbonyl (C=O) groups excluding carboxylic acids is 1. The van der Waals surface area contributed by atoms with Crippen molar-refractivity contribution >= 4 is 5.91 Å². The van der Waals surface area contributed by atoms with Gasteiger partial charge in [0.1, 0.15) is 0 Å². The molecule has 0 rings (SSSR count). The molecule has 4 nitrogen and oxygen atoms in total. The van der Waals surface area contributed by atoms with Gasteiger partial charge in [-0.2, -0.15) is 0 Å². The van der Waals surface area contributed by atoms with Gasteiger partial charge in [-0.25, -0.2) is 0 Å². The first-order chi connectivity index (χ1) is 7.09. The van der Waals surface area contributed by atoms with E-state index in [0.29, 0.717) is 6.54 Å². The summed E-state index contributed by atoms with van der Waals surface area (Å²) in [5, 5.41) is 2.82. The van der Waals surface area contributed by atoms with E-state index in [9.17, 15) is 4.79 Å². The molecule has 0 unspecified atom stereocenters. The summed E-state index contributed by atoms with van der Waals surface area (Å²) in [6, 6.07) is -0.392. The molecule has 3 N–H and O–H groups in total. The van der Waals surface area contributed by atoms with Crippen molar-refractivity contribution in [3.05, 3.63) is 0 Å². The maximum Gasteiger partial charge on any atom is 0.237 e. The summed E-state index contributed by atoms with van der Waals surface area (Å²) in [5.74, 6) is 0.134. The number of nitrogens with two attached hydrogens (primary N) is 1. The highest BCUT2D eigenvalue weighted by Gasteiger charge is 2.15. The Morgan fingerprint density at radius 1 is 1.40 bits per heavy atom. The summed E-state index contributed by atoms with van der Waals surface area (Å²) in [4.78, 5) is 11.4. The van der Waals surface area contributed by atoms with Crippen LogP contribution in [-0.4, -0.2) is 31.7 Å². The van der Waals surface area contributed by atoms with E-state index < -0.39 is 6.04 Å². The zero-order valence-corrected chi connectivity index (χ0v) is 10.1. The molecule has 1 amide bonds. The molecule has 0 spiro atoms. The van der Waals surface area contributed by atoms with Gasteiger partial charge in [-0.3, -0.25) is 4.79 Å². The summed E-state index contributed by atoms with van der Waals surface area (Å²) in [7, 11) is 0. The highest BCUT2D eigenvalue weighted by molar-refractivity contribution is 5.81. The minimum absolute atomic E-state index is 0.0543. The second kappa shape index (κ2) is 8.68. The van der Waals surface area contributed by atoms with Gasteiger partial charge < -0.3 is 15.8 Å². The molecule has 0 heterocycles. The van der Waals surface area contributed by atoms with Crippen molar-refractivity contribution in [1.29, 1.82) is 0 Å². The van der Waals surface area contributed by atoms with Crippen molar-refractivity contribution in [3.63, 3.8) is 0 Å². The van der Waals surface area contributed by atoms with E-state index in [2.05, 4.69) is 5.32 Å². The SMILES string of the molecule is CCOCCCCNC(=O)[C@@H](N)C(C)C. The lowest BCUT2D eigenvalue weighted by Crippen LogP contribution is -2.44. The van der Waals surface area contributed by atoms with Crippen LogP contribution in [0.25, 0.3) is 0 Å². The van der Waals surface area contributed by atoms with Crippen molar-refractivity contribution in [3.8, 4) is 0 Å². The van der Waals surface area contributed by atoms with E-state index in [1.165, 1.54) is 0 Å². The van der Waals surface area contributed by atoms with Gasteiger partial charge in [0.2, 0.25) is 5.91 Å². The van der Waals surface area contributed by atoms with E-state index in [1.807, 2.05) is 20.8 Å². The number of ether oxygens (including phenoxy) is 1. The van der Waals surface area contributed by atoms with Crippen molar-refractivity contribution in [2.24, 2.45) is 11.7 Å². The van der Waals surface area contributed by atoms with E-state index in [-0.39, 0.29) is 11.8 Å². The normalized spacial score (nSPS) is 12.9. The number of nitrogens with one attached hydrogen (secondary N) is 1. The lowest BCUT2D eigenvalue weighted by molar-refractivity contribution is -0.123. The minimum atomic E-state index is -0.392. The molecule has 0 saturated carbocycles. The number of hydrogen-bond acceptors (Lipinski definition) is 3. The molecule has 0 aliphatic carbocycles. The largest absolute Gasteiger partial charge is 0.382 e. The van der Waals surface area contributed by atoms with Crippen LogP contribution < -0.4 is 11.1 Å². The molecule has 0 aromatic rings. The van der Waals surface area contributed by atoms with Crippen LogP contribution in [0.3, 0.4) is 0 Å². The minimum Gasteiger partial charge on any atom is -0.382 e. The monoisotopic (exact) mass is 216 g/mol. The average molecular weight is 216 g/mol. The van der Waals surface area contributed by atoms with Crippen LogP contribution in [-0.2, 0) is 9.53 Å². The molecule has 0 radical (unpaired) electrons. The zero-order valence-electron chi connectivity index (χ0n) is 10.1. The Hall–Kier alpha value is -0.610. The molecule has 0 bridgehead atoms. The Bertz CT molecular complexity index is 172. The van der Waals surface area contributed by atoms with E-state index in [1.54, 1.807) is 0 Å². The molecule has 90 valence electrons. The first kappa shape index (κ1) is 14.4. The Labute approximate surface area is 92.6 Å². The molecule has 0 saturated heterocycles. The van der Waals surface area contributed by atoms with Gasteiger partial charge in [0.05, 0.1) is 6.04 Å². The Balaban J connectivity index is 3.39. The smallest absolute Gasteiger partial charge is 0.237 e. The summed E-state index contributed by atoms with van der Waals surface area (Å²) in [6.45, 7) is 8.07. The molecule has 0 aliphatic heterocycles. The lowest BCUT2D eigenvalue weighted by atomic mass is 10.1. The molecule has 0 aromatic heterocycles. The molecule has 0 fully saturated rings. The van der Waals surface area contributed by atoms with Gasteiger partial charge in [0, 0.05) is 19.8 Å². The number of hydrogen-bond donors (Lipinski definition) is 2. The summed E-state index contributed by atoms with van der Waals surface area (Å²) >= 11 is 0. The molecule has 0 aliphatic rings. The van der Waals surface area contributed by atoms with Gasteiger partial charge in [-0.05, 0) is 25.7 Å². The summed E-state index contributed by atoms with van der Waals surface area (Å²) < 4.78 is 5.19. The Morgan fingerprint density at radius 2 is 2.07 bits per heavy atom. The fourth-order valence-electron chi connectivity index (χ4n) is 1.11. The second-order valence-electron chi connectivity index (χ2n) is 3.96. The topological polar surface area (TPSA) is 64.3 Å². The van der Waals surface area contributed by atoms with Crippen molar-refractivity contribution in [2.75, 3.05) is 19.8 Å². The third-order valence-corrected chi connectivity index (χ3v) is 2.24. The van der Waals surface area contributed by atoms with Crippen LogP contribution in [0.1, 0.15) is 33.6 Å². The summed E-state index contributed by atoms with van der Waals surface area (Å²) in [5.41, 5.74) is 5.69. The van der Waals surface area contributed by atoms with Gasteiger partial charge >= 0.3 is 0 Å². The standard InChI is InChI=1S/C11H24N2O2/c1-4-15-8-6-5-7-13-11(14)10(12)9(2)3/h9-10H,4-8,12H2,1-3H3,(H,13,14)/t10-/m0/s1. The van der Waals surface area contributed by atoms with Crippen LogP contribution in [0.4, 0.5) is 0 Å². The fourth-order valence-corrected chi connectivity index (χ4v) is 1.11. The molecular weight excluding hydrogens is 192 g/mol. The van der Waals surface area contributed by atoms with Crippen LogP contribution in [0, 0.1) is 5.92 Å². The average Bonchev–Trinajstić information content (AvgIpc) is 2.21. The number of unbranched alkanes of at least 4 members (excludes halogenated alkanes) is 1. The van der Waals surface area contributed by atoms with Crippen LogP contribution in [0.2, 0.25) is 0 Å². The van der Waals surface area contributed by atoms with E-state index >= 15 is 0 Å². The maximum absolute atomic E-state index is 11.4. The van der Waals surface area contributed by atoms with Gasteiger partial charge in [0.25, 0.3) is 0 Å². The van der Waals surface area contributed by atoms with Crippen molar-refractivity contribution < 1.29 is 9.53 Å². The van der Waals surface area contributed by atoms with Crippen LogP contribution >= 0.6 is 0 Å². The molecule has 4 heteroatoms. The van der Waals surface area contributed by atoms with Crippen molar-refractivity contribution in [1.82, 2.24) is 5.32 Å². The molecule has 1 atom stereocenters. The predicted octanol–water partition coefficient (Wildman–Crippen LogP) is 0.903. The Morgan fingerprint density at radius 3 is 2.60 bits per heavy atom. The third-order valence-electron chi connectivity index (χ3n) is 2.24. The van der Waals surface area contributed by atoms with E-state index in [4.69, 9.17) is 10.5 Å². The molecular formula is C11H24N2O2. The second-order valence-corrected chi connectivity index (χ2v) is 3.96. The highest BCUT2D eigenvalue weighted by Crippen LogP contribution is 1.97. The molecule has 0 aromatic carbocycles. The maximum atomic E-state index is 11.4. The number of rotatable bonds is 8. The van der Waals surface area contributed by atoms with Gasteiger partial charge in [-0.1, -0.05) is 13.8 Å². The van der Waals surface area contributed by atoms with Crippen molar-refractivity contribution in [2.45, 2.75) is 39.7 Å². The summed E-state index contributed by atoms with van der Waals surface area (Å²) in [6.07, 6.45) is 1.92. The van der Waals surface area contributed by atoms with E-state index in [0.717, 1.165) is 26.1 Å². The number of carbonyl (C=O) groups is 1. The highest BCUT2D eigenvalue weighted by atomic mass is 16.5. The van der Waals surface area contributed by atoms with Crippen LogP contribution in [0.15, 0.2) is 0 Å². The predicted molar refractivity (Wildman–Crippen MR) is 61.6 cm³/mol. The number of amides is 1. The zero-order chi connectivity index (χ0) is 11.7. The fraction of sp³-hybridized carbons (Fsp3) is 0.909. The van der Waals surface area contributed by atoms with Gasteiger partial charge in [0.15, 0.2) is 0 Å². The molecule has 15 heavy (non-hydrogen) atoms. The Kier molecular flexibility index (Phi) is 8.33. The first-order valence-corrected chi connectivity index (χ1v) is 5.70. The van der Waals surface area contributed by atoms with Crippen LogP contribution in [0.5, 0.6) is 0 Å². The van der Waals surface area contributed by atoms with Gasteiger partial charge in [-0.15, -0.1) is 0 Å². The lowest BCUT2D eigenvalue weighted by Gasteiger charge is -2.15. The quantitative estimate of drug-likeness (QED) is 0.593.